The summed E-state index contributed by atoms with van der Waals surface area (Å²) in [6.07, 6.45) is 1.15. The van der Waals surface area contributed by atoms with Gasteiger partial charge in [0.1, 0.15) is 6.29 Å². The van der Waals surface area contributed by atoms with Crippen molar-refractivity contribution in [2.24, 2.45) is 5.92 Å². The number of halogens is 1. The van der Waals surface area contributed by atoms with E-state index in [-0.39, 0.29) is 10.8 Å². The number of aldehydes is 1. The van der Waals surface area contributed by atoms with Gasteiger partial charge in [-0.3, -0.25) is 0 Å². The van der Waals surface area contributed by atoms with E-state index in [2.05, 4.69) is 0 Å². The summed E-state index contributed by atoms with van der Waals surface area (Å²) in [6.45, 7) is 0. The summed E-state index contributed by atoms with van der Waals surface area (Å²) in [6, 6.07) is 6.01. The lowest BCUT2D eigenvalue weighted by Crippen LogP contribution is -2.09. The Balaban J connectivity index is 2.31. The van der Waals surface area contributed by atoms with E-state index in [1.165, 1.54) is 24.3 Å². The van der Waals surface area contributed by atoms with Gasteiger partial charge in [-0.25, -0.2) is 8.42 Å². The molecule has 1 fully saturated rings. The predicted molar refractivity (Wildman–Crippen MR) is 56.6 cm³/mol. The minimum absolute atomic E-state index is 0.237. The summed E-state index contributed by atoms with van der Waals surface area (Å²) in [5.41, 5.74) is 0. The molecule has 1 aliphatic rings. The van der Waals surface area contributed by atoms with Crippen molar-refractivity contribution >= 4 is 27.7 Å². The highest BCUT2D eigenvalue weighted by molar-refractivity contribution is 7.92. The Morgan fingerprint density at radius 2 is 1.87 bits per heavy atom. The van der Waals surface area contributed by atoms with Gasteiger partial charge in [0.15, 0.2) is 9.84 Å². The monoisotopic (exact) mass is 244 g/mol. The standard InChI is InChI=1S/C10H9ClO3S/c11-8-1-3-9(4-2-8)15(13,14)10-5-7(10)6-12/h1-4,6-7,10H,5H2. The highest BCUT2D eigenvalue weighted by Gasteiger charge is 2.47. The lowest BCUT2D eigenvalue weighted by molar-refractivity contribution is -0.108. The van der Waals surface area contributed by atoms with Gasteiger partial charge in [-0.15, -0.1) is 0 Å². The largest absolute Gasteiger partial charge is 0.303 e. The molecular weight excluding hydrogens is 236 g/mol. The molecule has 0 radical (unpaired) electrons. The molecule has 1 aromatic carbocycles. The van der Waals surface area contributed by atoms with Crippen molar-refractivity contribution in [1.29, 1.82) is 0 Å². The minimum atomic E-state index is -3.33. The first-order chi connectivity index (χ1) is 7.05. The molecule has 1 aromatic rings. The van der Waals surface area contributed by atoms with Gasteiger partial charge in [0.2, 0.25) is 0 Å². The number of hydrogen-bond acceptors (Lipinski definition) is 3. The highest BCUT2D eigenvalue weighted by Crippen LogP contribution is 2.39. The SMILES string of the molecule is O=CC1CC1S(=O)(=O)c1ccc(Cl)cc1. The smallest absolute Gasteiger partial charge is 0.181 e. The molecule has 15 heavy (non-hydrogen) atoms. The number of carbonyl (C=O) groups excluding carboxylic acids is 1. The summed E-state index contributed by atoms with van der Waals surface area (Å²) in [7, 11) is -3.33. The number of sulfone groups is 1. The van der Waals surface area contributed by atoms with Gasteiger partial charge in [0, 0.05) is 10.9 Å². The third-order valence-electron chi connectivity index (χ3n) is 2.49. The number of benzene rings is 1. The average molecular weight is 245 g/mol. The first-order valence-electron chi connectivity index (χ1n) is 4.50. The zero-order valence-corrected chi connectivity index (χ0v) is 9.33. The molecule has 0 saturated heterocycles. The Morgan fingerprint density at radius 1 is 1.27 bits per heavy atom. The van der Waals surface area contributed by atoms with Crippen LogP contribution in [-0.2, 0) is 14.6 Å². The van der Waals surface area contributed by atoms with Crippen LogP contribution in [0.25, 0.3) is 0 Å². The first-order valence-corrected chi connectivity index (χ1v) is 6.43. The van der Waals surface area contributed by atoms with Crippen molar-refractivity contribution in [1.82, 2.24) is 0 Å². The highest BCUT2D eigenvalue weighted by atomic mass is 35.5. The van der Waals surface area contributed by atoms with Crippen LogP contribution in [0.1, 0.15) is 6.42 Å². The van der Waals surface area contributed by atoms with Gasteiger partial charge < -0.3 is 4.79 Å². The van der Waals surface area contributed by atoms with E-state index in [9.17, 15) is 13.2 Å². The molecule has 0 amide bonds. The van der Waals surface area contributed by atoms with Crippen LogP contribution < -0.4 is 0 Å². The van der Waals surface area contributed by atoms with Crippen LogP contribution in [0.4, 0.5) is 0 Å². The fraction of sp³-hybridized carbons (Fsp3) is 0.300. The molecule has 0 heterocycles. The maximum atomic E-state index is 11.9. The average Bonchev–Trinajstić information content (AvgIpc) is 2.98. The minimum Gasteiger partial charge on any atom is -0.303 e. The van der Waals surface area contributed by atoms with E-state index in [4.69, 9.17) is 11.6 Å². The second-order valence-electron chi connectivity index (χ2n) is 3.57. The quantitative estimate of drug-likeness (QED) is 0.761. The zero-order valence-electron chi connectivity index (χ0n) is 7.76. The topological polar surface area (TPSA) is 51.2 Å². The van der Waals surface area contributed by atoms with Crippen LogP contribution in [0.15, 0.2) is 29.2 Å². The Hall–Kier alpha value is -0.870. The molecule has 2 rings (SSSR count). The third kappa shape index (κ3) is 1.92. The Bertz CT molecular complexity index is 478. The summed E-state index contributed by atoms with van der Waals surface area (Å²) < 4.78 is 23.7. The second-order valence-corrected chi connectivity index (χ2v) is 6.18. The van der Waals surface area contributed by atoms with Crippen LogP contribution >= 0.6 is 11.6 Å². The Morgan fingerprint density at radius 3 is 2.33 bits per heavy atom. The van der Waals surface area contributed by atoms with Crippen LogP contribution in [0, 0.1) is 5.92 Å². The molecule has 1 aliphatic carbocycles. The van der Waals surface area contributed by atoms with E-state index < -0.39 is 15.1 Å². The van der Waals surface area contributed by atoms with Crippen molar-refractivity contribution in [2.75, 3.05) is 0 Å². The van der Waals surface area contributed by atoms with Gasteiger partial charge in [0.25, 0.3) is 0 Å². The Labute approximate surface area is 93.0 Å². The van der Waals surface area contributed by atoms with Crippen LogP contribution in [0.2, 0.25) is 5.02 Å². The van der Waals surface area contributed by atoms with E-state index >= 15 is 0 Å². The third-order valence-corrected chi connectivity index (χ3v) is 5.01. The van der Waals surface area contributed by atoms with Gasteiger partial charge in [-0.2, -0.15) is 0 Å². The molecule has 0 spiro atoms. The molecule has 0 bridgehead atoms. The molecule has 5 heteroatoms. The molecule has 0 N–H and O–H groups in total. The maximum absolute atomic E-state index is 11.9. The van der Waals surface area contributed by atoms with Crippen molar-refractivity contribution in [3.05, 3.63) is 29.3 Å². The molecule has 1 saturated carbocycles. The van der Waals surface area contributed by atoms with Gasteiger partial charge in [-0.1, -0.05) is 11.6 Å². The maximum Gasteiger partial charge on any atom is 0.181 e. The van der Waals surface area contributed by atoms with E-state index in [0.717, 1.165) is 0 Å². The molecule has 2 atom stereocenters. The summed E-state index contributed by atoms with van der Waals surface area (Å²) in [5, 5.41) is -0.0344. The van der Waals surface area contributed by atoms with Crippen molar-refractivity contribution in [2.45, 2.75) is 16.6 Å². The summed E-state index contributed by atoms with van der Waals surface area (Å²) in [4.78, 5) is 10.7. The normalized spacial score (nSPS) is 24.9. The van der Waals surface area contributed by atoms with Gasteiger partial charge >= 0.3 is 0 Å². The molecular formula is C10H9ClO3S. The number of hydrogen-bond donors (Lipinski definition) is 0. The van der Waals surface area contributed by atoms with Crippen molar-refractivity contribution in [3.63, 3.8) is 0 Å². The molecule has 80 valence electrons. The molecule has 3 nitrogen and oxygen atoms in total. The second kappa shape index (κ2) is 3.61. The number of rotatable bonds is 3. The van der Waals surface area contributed by atoms with Gasteiger partial charge in [0.05, 0.1) is 10.1 Å². The lowest BCUT2D eigenvalue weighted by Gasteiger charge is -2.02. The van der Waals surface area contributed by atoms with E-state index in [1.807, 2.05) is 0 Å². The van der Waals surface area contributed by atoms with Crippen LogP contribution in [0.3, 0.4) is 0 Å². The van der Waals surface area contributed by atoms with E-state index in [1.54, 1.807) is 0 Å². The fourth-order valence-corrected chi connectivity index (χ4v) is 3.48. The van der Waals surface area contributed by atoms with Crippen LogP contribution in [0.5, 0.6) is 0 Å². The molecule has 0 aliphatic heterocycles. The molecule has 2 unspecified atom stereocenters. The number of carbonyl (C=O) groups is 1. The van der Waals surface area contributed by atoms with E-state index in [0.29, 0.717) is 17.7 Å². The van der Waals surface area contributed by atoms with Crippen molar-refractivity contribution < 1.29 is 13.2 Å². The lowest BCUT2D eigenvalue weighted by atomic mass is 10.4. The predicted octanol–water partition coefficient (Wildman–Crippen LogP) is 1.70. The molecule has 0 aromatic heterocycles. The van der Waals surface area contributed by atoms with Crippen molar-refractivity contribution in [3.8, 4) is 0 Å². The first kappa shape index (κ1) is 10.6. The zero-order chi connectivity index (χ0) is 11.1. The van der Waals surface area contributed by atoms with Gasteiger partial charge in [-0.05, 0) is 30.7 Å². The van der Waals surface area contributed by atoms with Crippen LogP contribution in [-0.4, -0.2) is 20.0 Å². The summed E-state index contributed by atoms with van der Waals surface area (Å²) in [5.74, 6) is -0.328. The summed E-state index contributed by atoms with van der Waals surface area (Å²) >= 11 is 5.66. The fourth-order valence-electron chi connectivity index (χ4n) is 1.49. The Kier molecular flexibility index (Phi) is 2.56.